The molecule has 0 spiro atoms. The van der Waals surface area contributed by atoms with E-state index in [1.807, 2.05) is 6.07 Å². The van der Waals surface area contributed by atoms with Crippen molar-refractivity contribution in [2.45, 2.75) is 4.90 Å². The molecule has 0 aliphatic carbocycles. The molecule has 3 rings (SSSR count). The van der Waals surface area contributed by atoms with Crippen molar-refractivity contribution in [2.24, 2.45) is 0 Å². The fraction of sp³-hybridized carbons (Fsp3) is 0.0714. The SMILES string of the molecule is O=S(=O)(O)c1ccccc1OCNc1cccc(-n2[nH]nnc2=S)c1. The third kappa shape index (κ3) is 4.02. The number of tetrazole rings is 1. The van der Waals surface area contributed by atoms with E-state index in [4.69, 9.17) is 17.0 Å². The fourth-order valence-electron chi connectivity index (χ4n) is 2.10. The van der Waals surface area contributed by atoms with E-state index in [0.29, 0.717) is 5.69 Å². The summed E-state index contributed by atoms with van der Waals surface area (Å²) >= 11 is 5.04. The molecule has 3 aromatic rings. The van der Waals surface area contributed by atoms with Gasteiger partial charge in [0.05, 0.1) is 5.69 Å². The van der Waals surface area contributed by atoms with Crippen LogP contribution in [0.2, 0.25) is 0 Å². The summed E-state index contributed by atoms with van der Waals surface area (Å²) in [6.07, 6.45) is 0. The third-order valence-corrected chi connectivity index (χ3v) is 4.36. The number of ether oxygens (including phenoxy) is 1. The van der Waals surface area contributed by atoms with Gasteiger partial charge in [-0.15, -0.1) is 0 Å². The van der Waals surface area contributed by atoms with Crippen LogP contribution >= 0.6 is 12.2 Å². The first-order valence-electron chi connectivity index (χ1n) is 6.99. The van der Waals surface area contributed by atoms with Crippen LogP contribution in [0.25, 0.3) is 5.69 Å². The smallest absolute Gasteiger partial charge is 0.298 e. The number of anilines is 1. The summed E-state index contributed by atoms with van der Waals surface area (Å²) in [4.78, 5) is -0.291. The van der Waals surface area contributed by atoms with E-state index in [-0.39, 0.29) is 22.1 Å². The number of aromatic nitrogens is 4. The Labute approximate surface area is 148 Å². The highest BCUT2D eigenvalue weighted by Gasteiger charge is 2.15. The summed E-state index contributed by atoms with van der Waals surface area (Å²) in [6, 6.07) is 13.0. The Bertz CT molecular complexity index is 1040. The lowest BCUT2D eigenvalue weighted by atomic mass is 10.3. The van der Waals surface area contributed by atoms with Gasteiger partial charge in [-0.2, -0.15) is 13.6 Å². The first-order chi connectivity index (χ1) is 11.9. The summed E-state index contributed by atoms with van der Waals surface area (Å²) in [5.41, 5.74) is 1.43. The number of hydrogen-bond acceptors (Lipinski definition) is 7. The largest absolute Gasteiger partial charge is 0.472 e. The monoisotopic (exact) mass is 379 g/mol. The molecule has 0 unspecified atom stereocenters. The summed E-state index contributed by atoms with van der Waals surface area (Å²) in [7, 11) is -4.36. The van der Waals surface area contributed by atoms with Gasteiger partial charge in [-0.1, -0.05) is 28.5 Å². The first-order valence-corrected chi connectivity index (χ1v) is 8.84. The average molecular weight is 379 g/mol. The van der Waals surface area contributed by atoms with Crippen molar-refractivity contribution in [3.8, 4) is 11.4 Å². The van der Waals surface area contributed by atoms with Crippen molar-refractivity contribution >= 4 is 28.0 Å². The molecule has 0 aliphatic heterocycles. The number of benzene rings is 2. The number of rotatable bonds is 6. The minimum atomic E-state index is -4.36. The maximum absolute atomic E-state index is 11.3. The zero-order valence-corrected chi connectivity index (χ0v) is 14.3. The van der Waals surface area contributed by atoms with Gasteiger partial charge in [0.25, 0.3) is 10.1 Å². The van der Waals surface area contributed by atoms with Gasteiger partial charge >= 0.3 is 0 Å². The molecule has 0 saturated heterocycles. The van der Waals surface area contributed by atoms with Crippen molar-refractivity contribution in [2.75, 3.05) is 12.0 Å². The molecular weight excluding hydrogens is 366 g/mol. The third-order valence-electron chi connectivity index (χ3n) is 3.21. The van der Waals surface area contributed by atoms with Crippen LogP contribution in [0.4, 0.5) is 5.69 Å². The molecule has 130 valence electrons. The van der Waals surface area contributed by atoms with Crippen molar-refractivity contribution < 1.29 is 17.7 Å². The fourth-order valence-corrected chi connectivity index (χ4v) is 2.92. The Morgan fingerprint density at radius 3 is 2.76 bits per heavy atom. The number of para-hydroxylation sites is 1. The van der Waals surface area contributed by atoms with Crippen LogP contribution in [-0.2, 0) is 10.1 Å². The average Bonchev–Trinajstić information content (AvgIpc) is 3.01. The molecule has 0 aliphatic rings. The lowest BCUT2D eigenvalue weighted by molar-refractivity contribution is 0.335. The second-order valence-electron chi connectivity index (χ2n) is 4.86. The van der Waals surface area contributed by atoms with Crippen LogP contribution in [0, 0.1) is 4.77 Å². The van der Waals surface area contributed by atoms with Crippen LogP contribution in [-0.4, -0.2) is 39.9 Å². The molecule has 0 amide bonds. The van der Waals surface area contributed by atoms with Gasteiger partial charge in [-0.3, -0.25) is 4.55 Å². The predicted octanol–water partition coefficient (Wildman–Crippen LogP) is 2.02. The Morgan fingerprint density at radius 1 is 1.24 bits per heavy atom. The molecule has 25 heavy (non-hydrogen) atoms. The molecule has 9 nitrogen and oxygen atoms in total. The molecule has 1 aromatic heterocycles. The van der Waals surface area contributed by atoms with Crippen molar-refractivity contribution in [3.05, 3.63) is 53.3 Å². The van der Waals surface area contributed by atoms with E-state index in [1.54, 1.807) is 24.3 Å². The number of aromatic amines is 1. The summed E-state index contributed by atoms with van der Waals surface area (Å²) in [6.45, 7) is -0.0113. The summed E-state index contributed by atoms with van der Waals surface area (Å²) in [5, 5.41) is 13.0. The Morgan fingerprint density at radius 2 is 2.04 bits per heavy atom. The van der Waals surface area contributed by atoms with E-state index in [0.717, 1.165) is 5.69 Å². The highest BCUT2D eigenvalue weighted by Crippen LogP contribution is 2.23. The normalized spacial score (nSPS) is 11.2. The molecule has 2 aromatic carbocycles. The zero-order chi connectivity index (χ0) is 17.9. The zero-order valence-electron chi connectivity index (χ0n) is 12.7. The van der Waals surface area contributed by atoms with Crippen LogP contribution < -0.4 is 10.1 Å². The lowest BCUT2D eigenvalue weighted by Gasteiger charge is -2.12. The standard InChI is InChI=1S/C14H13N5O4S2/c20-25(21,22)13-7-2-1-6-12(13)23-9-15-10-4-3-5-11(8-10)19-14(24)16-17-18-19/h1-8,15H,9H2,(H,16,18,24)(H,20,21,22). The van der Waals surface area contributed by atoms with Crippen molar-refractivity contribution in [1.82, 2.24) is 20.2 Å². The minimum Gasteiger partial charge on any atom is -0.472 e. The van der Waals surface area contributed by atoms with Crippen LogP contribution in [0.15, 0.2) is 53.4 Å². The Hall–Kier alpha value is -2.76. The maximum atomic E-state index is 11.3. The molecule has 0 bridgehead atoms. The predicted molar refractivity (Wildman–Crippen MR) is 91.9 cm³/mol. The maximum Gasteiger partial charge on any atom is 0.298 e. The van der Waals surface area contributed by atoms with Gasteiger partial charge in [-0.05, 0) is 42.5 Å². The van der Waals surface area contributed by atoms with Crippen LogP contribution in [0.1, 0.15) is 0 Å². The second kappa shape index (κ2) is 7.01. The minimum absolute atomic E-state index is 0.0113. The van der Waals surface area contributed by atoms with Gasteiger partial charge in [0.1, 0.15) is 10.6 Å². The Balaban J connectivity index is 1.72. The molecule has 0 saturated carbocycles. The van der Waals surface area contributed by atoms with E-state index in [1.165, 1.54) is 22.9 Å². The van der Waals surface area contributed by atoms with Gasteiger partial charge in [-0.25, -0.2) is 4.68 Å². The quantitative estimate of drug-likeness (QED) is 0.338. The number of nitrogens with zero attached hydrogens (tertiary/aromatic N) is 3. The number of H-pyrrole nitrogens is 1. The van der Waals surface area contributed by atoms with E-state index in [2.05, 4.69) is 20.8 Å². The Kier molecular flexibility index (Phi) is 4.79. The molecule has 0 atom stereocenters. The molecule has 0 radical (unpaired) electrons. The van der Waals surface area contributed by atoms with Gasteiger partial charge in [0, 0.05) is 5.69 Å². The lowest BCUT2D eigenvalue weighted by Crippen LogP contribution is -2.11. The van der Waals surface area contributed by atoms with Crippen LogP contribution in [0.3, 0.4) is 0 Å². The topological polar surface area (TPSA) is 122 Å². The highest BCUT2D eigenvalue weighted by atomic mass is 32.2. The van der Waals surface area contributed by atoms with E-state index < -0.39 is 10.1 Å². The number of nitrogens with one attached hydrogen (secondary N) is 2. The molecule has 0 fully saturated rings. The van der Waals surface area contributed by atoms with Gasteiger partial charge < -0.3 is 10.1 Å². The molecular formula is C14H13N5O4S2. The summed E-state index contributed by atoms with van der Waals surface area (Å²) in [5.74, 6) is 0.0497. The first kappa shape index (κ1) is 17.1. The van der Waals surface area contributed by atoms with E-state index in [9.17, 15) is 13.0 Å². The second-order valence-corrected chi connectivity index (χ2v) is 6.61. The van der Waals surface area contributed by atoms with E-state index >= 15 is 0 Å². The van der Waals surface area contributed by atoms with Gasteiger partial charge in [0.2, 0.25) is 4.77 Å². The van der Waals surface area contributed by atoms with Gasteiger partial charge in [0.15, 0.2) is 6.73 Å². The summed E-state index contributed by atoms with van der Waals surface area (Å²) < 4.78 is 39.1. The highest BCUT2D eigenvalue weighted by molar-refractivity contribution is 7.86. The molecule has 3 N–H and O–H groups in total. The number of hydrogen-bond donors (Lipinski definition) is 3. The van der Waals surface area contributed by atoms with Crippen molar-refractivity contribution in [1.29, 1.82) is 0 Å². The molecule has 11 heteroatoms. The molecule has 1 heterocycles. The van der Waals surface area contributed by atoms with Crippen LogP contribution in [0.5, 0.6) is 5.75 Å². The van der Waals surface area contributed by atoms with Crippen molar-refractivity contribution in [3.63, 3.8) is 0 Å².